The number of rotatable bonds is 8. The van der Waals surface area contributed by atoms with Gasteiger partial charge in [0, 0.05) is 36.6 Å². The minimum Gasteiger partial charge on any atom is -0.271 e. The van der Waals surface area contributed by atoms with Crippen LogP contribution >= 0.6 is 0 Å². The Morgan fingerprint density at radius 2 is 1.77 bits per heavy atom. The third-order valence-corrected chi connectivity index (χ3v) is 9.76. The van der Waals surface area contributed by atoms with Gasteiger partial charge >= 0.3 is 0 Å². The molecule has 0 amide bonds. The molecule has 40 heavy (non-hydrogen) atoms. The molecule has 3 aromatic carbocycles. The predicted molar refractivity (Wildman–Crippen MR) is 153 cm³/mol. The second-order valence-corrected chi connectivity index (χ2v) is 12.7. The molecule has 1 aliphatic heterocycles. The summed E-state index contributed by atoms with van der Waals surface area (Å²) in [5.74, 6) is -0.292. The quantitative estimate of drug-likeness (QED) is 0.247. The molecule has 5 aromatic rings. The first-order valence-corrected chi connectivity index (χ1v) is 15.0. The van der Waals surface area contributed by atoms with Crippen molar-refractivity contribution in [3.8, 4) is 5.69 Å². The number of aryl methyl sites for hydroxylation is 2. The number of fused-ring (bicyclic) bond motifs is 1. The molecule has 9 heteroatoms. The highest BCUT2D eigenvalue weighted by molar-refractivity contribution is 7.89. The Morgan fingerprint density at radius 3 is 2.52 bits per heavy atom. The van der Waals surface area contributed by atoms with Crippen molar-refractivity contribution >= 4 is 20.9 Å². The summed E-state index contributed by atoms with van der Waals surface area (Å²) in [6, 6.07) is 20.8. The zero-order valence-electron chi connectivity index (χ0n) is 22.7. The van der Waals surface area contributed by atoms with E-state index < -0.39 is 15.4 Å². The maximum absolute atomic E-state index is 13.7. The van der Waals surface area contributed by atoms with Crippen molar-refractivity contribution in [2.75, 3.05) is 13.1 Å². The van der Waals surface area contributed by atoms with E-state index in [9.17, 15) is 12.8 Å². The van der Waals surface area contributed by atoms with Crippen LogP contribution in [-0.4, -0.2) is 45.4 Å². The van der Waals surface area contributed by atoms with Crippen molar-refractivity contribution in [1.29, 1.82) is 0 Å². The number of halogens is 1. The molecule has 1 atom stereocenters. The van der Waals surface area contributed by atoms with Gasteiger partial charge in [-0.1, -0.05) is 37.3 Å². The minimum absolute atomic E-state index is 0.240. The average molecular weight is 558 g/mol. The molecule has 0 aliphatic carbocycles. The van der Waals surface area contributed by atoms with Gasteiger partial charge in [-0.3, -0.25) is 4.68 Å². The van der Waals surface area contributed by atoms with E-state index in [1.165, 1.54) is 23.9 Å². The number of aromatic nitrogens is 4. The second-order valence-electron chi connectivity index (χ2n) is 10.7. The summed E-state index contributed by atoms with van der Waals surface area (Å²) in [4.78, 5) is 0.240. The van der Waals surface area contributed by atoms with Gasteiger partial charge in [-0.2, -0.15) is 14.5 Å². The molecule has 1 fully saturated rings. The Labute approximate surface area is 233 Å². The van der Waals surface area contributed by atoms with E-state index in [1.807, 2.05) is 36.0 Å². The van der Waals surface area contributed by atoms with Gasteiger partial charge in [0.15, 0.2) is 0 Å². The highest BCUT2D eigenvalue weighted by Crippen LogP contribution is 2.42. The highest BCUT2D eigenvalue weighted by Gasteiger charge is 2.45. The number of nitrogens with zero attached hydrogens (tertiary/aromatic N) is 5. The normalized spacial score (nSPS) is 18.1. The summed E-state index contributed by atoms with van der Waals surface area (Å²) in [6.07, 6.45) is 7.21. The van der Waals surface area contributed by atoms with Crippen LogP contribution in [0.1, 0.15) is 36.5 Å². The molecular formula is C31H32FN5O2S. The molecule has 1 unspecified atom stereocenters. The zero-order valence-corrected chi connectivity index (χ0v) is 23.5. The van der Waals surface area contributed by atoms with Crippen molar-refractivity contribution in [3.05, 3.63) is 108 Å². The maximum atomic E-state index is 13.7. The van der Waals surface area contributed by atoms with E-state index in [2.05, 4.69) is 41.4 Å². The lowest BCUT2D eigenvalue weighted by Crippen LogP contribution is -2.36. The fourth-order valence-electron chi connectivity index (χ4n) is 6.00. The number of benzene rings is 3. The fraction of sp³-hybridized carbons (Fsp3) is 0.290. The van der Waals surface area contributed by atoms with Crippen molar-refractivity contribution in [1.82, 2.24) is 23.9 Å². The van der Waals surface area contributed by atoms with Crippen molar-refractivity contribution in [3.63, 3.8) is 0 Å². The summed E-state index contributed by atoms with van der Waals surface area (Å²) in [5.41, 5.74) is 4.66. The van der Waals surface area contributed by atoms with Crippen molar-refractivity contribution in [2.24, 2.45) is 0 Å². The van der Waals surface area contributed by atoms with E-state index in [0.29, 0.717) is 32.5 Å². The van der Waals surface area contributed by atoms with Gasteiger partial charge in [-0.25, -0.2) is 17.5 Å². The molecule has 0 radical (unpaired) electrons. The largest absolute Gasteiger partial charge is 0.271 e. The first-order chi connectivity index (χ1) is 19.3. The van der Waals surface area contributed by atoms with E-state index in [4.69, 9.17) is 0 Å². The number of hydrogen-bond donors (Lipinski definition) is 0. The lowest BCUT2D eigenvalue weighted by molar-refractivity contribution is 0.413. The van der Waals surface area contributed by atoms with E-state index in [0.717, 1.165) is 34.1 Å². The Balaban J connectivity index is 1.41. The van der Waals surface area contributed by atoms with Crippen LogP contribution in [0.3, 0.4) is 0 Å². The van der Waals surface area contributed by atoms with Gasteiger partial charge in [-0.15, -0.1) is 0 Å². The number of sulfonamides is 1. The minimum atomic E-state index is -3.70. The van der Waals surface area contributed by atoms with Gasteiger partial charge < -0.3 is 0 Å². The van der Waals surface area contributed by atoms with E-state index in [1.54, 1.807) is 27.3 Å². The van der Waals surface area contributed by atoms with E-state index >= 15 is 0 Å². The molecule has 206 valence electrons. The average Bonchev–Trinajstić information content (AvgIpc) is 3.69. The first kappa shape index (κ1) is 26.4. The molecule has 7 nitrogen and oxygen atoms in total. The standard InChI is InChI=1S/C31H32FN5O2S/c1-3-14-35-21-28(20-33-35)40(38,39)36-15-13-31(22-36,18-24-7-5-4-6-8-24)29-17-25-19-34-37(30(25)16-23(29)2)27-11-9-26(32)10-12-27/h4-12,16-17,19-21H,3,13-15,18,22H2,1-2H3. The van der Waals surface area contributed by atoms with Crippen molar-refractivity contribution < 1.29 is 12.8 Å². The van der Waals surface area contributed by atoms with E-state index in [-0.39, 0.29) is 10.7 Å². The van der Waals surface area contributed by atoms with Crippen LogP contribution in [0, 0.1) is 12.7 Å². The Hall–Kier alpha value is -3.82. The van der Waals surface area contributed by atoms with Gasteiger partial charge in [0.05, 0.1) is 23.6 Å². The smallest absolute Gasteiger partial charge is 0.246 e. The molecule has 3 heterocycles. The van der Waals surface area contributed by atoms with Gasteiger partial charge in [0.25, 0.3) is 0 Å². The molecule has 1 aliphatic rings. The Kier molecular flexibility index (Phi) is 6.80. The predicted octanol–water partition coefficient (Wildman–Crippen LogP) is 5.65. The van der Waals surface area contributed by atoms with Crippen LogP contribution in [0.5, 0.6) is 0 Å². The van der Waals surface area contributed by atoms with Crippen LogP contribution in [0.2, 0.25) is 0 Å². The van der Waals surface area contributed by atoms with Crippen LogP contribution in [-0.2, 0) is 28.4 Å². The summed E-state index contributed by atoms with van der Waals surface area (Å²) < 4.78 is 46.1. The van der Waals surface area contributed by atoms with Gasteiger partial charge in [0.2, 0.25) is 10.0 Å². The molecule has 0 spiro atoms. The highest BCUT2D eigenvalue weighted by atomic mass is 32.2. The zero-order chi connectivity index (χ0) is 27.9. The molecule has 0 N–H and O–H groups in total. The first-order valence-electron chi connectivity index (χ1n) is 13.6. The molecule has 2 aromatic heterocycles. The molecular weight excluding hydrogens is 525 g/mol. The Morgan fingerprint density at radius 1 is 1.00 bits per heavy atom. The summed E-state index contributed by atoms with van der Waals surface area (Å²) >= 11 is 0. The van der Waals surface area contributed by atoms with Crippen LogP contribution in [0.15, 0.2) is 90.2 Å². The number of hydrogen-bond acceptors (Lipinski definition) is 4. The molecule has 0 saturated carbocycles. The van der Waals surface area contributed by atoms with Gasteiger partial charge in [-0.05, 0) is 79.3 Å². The monoisotopic (exact) mass is 557 g/mol. The molecule has 1 saturated heterocycles. The maximum Gasteiger partial charge on any atom is 0.246 e. The third-order valence-electron chi connectivity index (χ3n) is 7.96. The van der Waals surface area contributed by atoms with Crippen molar-refractivity contribution in [2.45, 2.75) is 50.0 Å². The lowest BCUT2D eigenvalue weighted by atomic mass is 9.73. The fourth-order valence-corrected chi connectivity index (χ4v) is 7.48. The molecule has 6 rings (SSSR count). The third kappa shape index (κ3) is 4.73. The van der Waals surface area contributed by atoms with Crippen LogP contribution in [0.25, 0.3) is 16.6 Å². The van der Waals surface area contributed by atoms with Gasteiger partial charge in [0.1, 0.15) is 10.7 Å². The Bertz CT molecular complexity index is 1760. The summed E-state index contributed by atoms with van der Waals surface area (Å²) in [6.45, 7) is 5.60. The topological polar surface area (TPSA) is 73.0 Å². The van der Waals surface area contributed by atoms with Crippen LogP contribution < -0.4 is 0 Å². The molecule has 0 bridgehead atoms. The lowest BCUT2D eigenvalue weighted by Gasteiger charge is -2.32. The SMILES string of the molecule is CCCn1cc(S(=O)(=O)N2CCC(Cc3ccccc3)(c3cc4cnn(-c5ccc(F)cc5)c4cc3C)C2)cn1. The van der Waals surface area contributed by atoms with Crippen LogP contribution in [0.4, 0.5) is 4.39 Å². The second kappa shape index (κ2) is 10.3. The summed E-state index contributed by atoms with van der Waals surface area (Å²) in [7, 11) is -3.70. The summed E-state index contributed by atoms with van der Waals surface area (Å²) in [5, 5.41) is 9.83.